The van der Waals surface area contributed by atoms with Crippen molar-refractivity contribution in [3.05, 3.63) is 38.7 Å². The minimum absolute atomic E-state index is 0.282. The quantitative estimate of drug-likeness (QED) is 0.831. The second kappa shape index (κ2) is 4.56. The van der Waals surface area contributed by atoms with Crippen LogP contribution in [0.3, 0.4) is 0 Å². The molecule has 1 aromatic carbocycles. The fourth-order valence-electron chi connectivity index (χ4n) is 1.50. The second-order valence-electron chi connectivity index (χ2n) is 3.62. The van der Waals surface area contributed by atoms with Gasteiger partial charge in [-0.3, -0.25) is 4.57 Å². The van der Waals surface area contributed by atoms with E-state index in [1.54, 1.807) is 4.57 Å². The molecule has 0 saturated carbocycles. The van der Waals surface area contributed by atoms with E-state index in [2.05, 4.69) is 0 Å². The summed E-state index contributed by atoms with van der Waals surface area (Å²) < 4.78 is 2.43. The molecule has 3 nitrogen and oxygen atoms in total. The van der Waals surface area contributed by atoms with Crippen LogP contribution < -0.4 is 11.5 Å². The Balaban J connectivity index is 2.64. The summed E-state index contributed by atoms with van der Waals surface area (Å²) in [6, 6.07) is 7.96. The zero-order valence-electron chi connectivity index (χ0n) is 9.14. The first kappa shape index (κ1) is 12.2. The minimum Gasteiger partial charge on any atom is -0.389 e. The summed E-state index contributed by atoms with van der Waals surface area (Å²) in [6.07, 6.45) is 0. The Morgan fingerprint density at radius 3 is 2.35 bits per heavy atom. The monoisotopic (exact) mass is 281 g/mol. The van der Waals surface area contributed by atoms with Crippen molar-refractivity contribution in [1.29, 1.82) is 0 Å². The van der Waals surface area contributed by atoms with Gasteiger partial charge in [0.1, 0.15) is 15.7 Å². The Hall–Kier alpha value is -1.24. The van der Waals surface area contributed by atoms with E-state index in [0.717, 1.165) is 5.69 Å². The van der Waals surface area contributed by atoms with Crippen LogP contribution in [0.2, 0.25) is 0 Å². The van der Waals surface area contributed by atoms with Crippen LogP contribution >= 0.6 is 35.8 Å². The summed E-state index contributed by atoms with van der Waals surface area (Å²) in [4.78, 5) is 0.954. The molecule has 1 aromatic heterocycles. The lowest BCUT2D eigenvalue weighted by atomic mass is 10.2. The molecular formula is C11H11N3S3. The summed E-state index contributed by atoms with van der Waals surface area (Å²) in [5.74, 6) is 0.511. The highest BCUT2D eigenvalue weighted by molar-refractivity contribution is 7.81. The van der Waals surface area contributed by atoms with Gasteiger partial charge in [0.05, 0.1) is 0 Å². The normalized spacial score (nSPS) is 10.4. The van der Waals surface area contributed by atoms with Gasteiger partial charge >= 0.3 is 0 Å². The first-order valence-electron chi connectivity index (χ1n) is 4.89. The van der Waals surface area contributed by atoms with Gasteiger partial charge in [-0.25, -0.2) is 0 Å². The smallest absolute Gasteiger partial charge is 0.168 e. The molecule has 0 bridgehead atoms. The Morgan fingerprint density at radius 1 is 1.29 bits per heavy atom. The summed E-state index contributed by atoms with van der Waals surface area (Å²) >= 11 is 11.6. The Morgan fingerprint density at radius 2 is 1.88 bits per heavy atom. The molecule has 0 spiro atoms. The number of nitrogens with two attached hydrogens (primary N) is 2. The predicted octanol–water partition coefficient (Wildman–Crippen LogP) is 2.79. The zero-order valence-corrected chi connectivity index (χ0v) is 11.6. The molecule has 0 radical (unpaired) electrons. The van der Waals surface area contributed by atoms with E-state index < -0.39 is 0 Å². The van der Waals surface area contributed by atoms with Gasteiger partial charge in [0.15, 0.2) is 3.95 Å². The number of aromatic nitrogens is 1. The van der Waals surface area contributed by atoms with E-state index in [9.17, 15) is 0 Å². The molecule has 88 valence electrons. The fourth-order valence-corrected chi connectivity index (χ4v) is 2.95. The molecule has 4 N–H and O–H groups in total. The van der Waals surface area contributed by atoms with Crippen LogP contribution in [0.15, 0.2) is 24.3 Å². The van der Waals surface area contributed by atoms with Crippen LogP contribution in [0.1, 0.15) is 10.4 Å². The van der Waals surface area contributed by atoms with E-state index in [1.165, 1.54) is 16.9 Å². The average Bonchev–Trinajstić information content (AvgIpc) is 2.56. The summed E-state index contributed by atoms with van der Waals surface area (Å²) in [5, 5.41) is 0. The number of nitrogen functional groups attached to an aromatic ring is 1. The molecule has 0 aliphatic heterocycles. The predicted molar refractivity (Wildman–Crippen MR) is 79.5 cm³/mol. The third kappa shape index (κ3) is 2.24. The van der Waals surface area contributed by atoms with Crippen LogP contribution in [-0.4, -0.2) is 9.56 Å². The lowest BCUT2D eigenvalue weighted by Gasteiger charge is -2.06. The summed E-state index contributed by atoms with van der Waals surface area (Å²) in [5.41, 5.74) is 13.7. The number of thiocarbonyl (C=S) groups is 1. The second-order valence-corrected chi connectivity index (χ2v) is 5.70. The number of anilines is 1. The van der Waals surface area contributed by atoms with Crippen molar-refractivity contribution in [2.45, 2.75) is 6.92 Å². The highest BCUT2D eigenvalue weighted by atomic mass is 32.1. The highest BCUT2D eigenvalue weighted by Crippen LogP contribution is 2.26. The van der Waals surface area contributed by atoms with Gasteiger partial charge in [0.2, 0.25) is 0 Å². The number of aryl methyl sites for hydroxylation is 1. The van der Waals surface area contributed by atoms with Gasteiger partial charge in [-0.15, -0.1) is 0 Å². The number of benzene rings is 1. The van der Waals surface area contributed by atoms with E-state index in [1.807, 2.05) is 31.2 Å². The number of thiazole rings is 1. The van der Waals surface area contributed by atoms with Crippen molar-refractivity contribution in [3.63, 3.8) is 0 Å². The van der Waals surface area contributed by atoms with Crippen LogP contribution in [-0.2, 0) is 0 Å². The molecule has 6 heteroatoms. The van der Waals surface area contributed by atoms with Gasteiger partial charge in [-0.2, -0.15) is 0 Å². The van der Waals surface area contributed by atoms with Gasteiger partial charge in [-0.1, -0.05) is 41.3 Å². The van der Waals surface area contributed by atoms with Crippen LogP contribution in [0.4, 0.5) is 5.82 Å². The first-order chi connectivity index (χ1) is 8.00. The zero-order chi connectivity index (χ0) is 12.6. The molecule has 0 atom stereocenters. The number of nitrogens with zero attached hydrogens (tertiary/aromatic N) is 1. The number of hydrogen-bond donors (Lipinski definition) is 2. The Kier molecular flexibility index (Phi) is 3.28. The van der Waals surface area contributed by atoms with Crippen molar-refractivity contribution in [1.82, 2.24) is 4.57 Å². The van der Waals surface area contributed by atoms with E-state index in [0.29, 0.717) is 14.6 Å². The van der Waals surface area contributed by atoms with Crippen molar-refractivity contribution < 1.29 is 0 Å². The first-order valence-corrected chi connectivity index (χ1v) is 6.52. The summed E-state index contributed by atoms with van der Waals surface area (Å²) in [7, 11) is 0. The number of hydrogen-bond acceptors (Lipinski definition) is 4. The van der Waals surface area contributed by atoms with Crippen molar-refractivity contribution in [2.24, 2.45) is 5.73 Å². The van der Waals surface area contributed by atoms with Gasteiger partial charge in [0, 0.05) is 5.69 Å². The molecule has 0 saturated heterocycles. The molecule has 1 heterocycles. The van der Waals surface area contributed by atoms with E-state index >= 15 is 0 Å². The Labute approximate surface area is 114 Å². The van der Waals surface area contributed by atoms with Crippen LogP contribution in [0.5, 0.6) is 0 Å². The third-order valence-corrected chi connectivity index (χ3v) is 4.12. The topological polar surface area (TPSA) is 57.0 Å². The number of rotatable bonds is 2. The molecule has 17 heavy (non-hydrogen) atoms. The molecular weight excluding hydrogens is 270 g/mol. The largest absolute Gasteiger partial charge is 0.389 e. The molecule has 0 aliphatic rings. The van der Waals surface area contributed by atoms with Crippen molar-refractivity contribution in [2.75, 3.05) is 5.73 Å². The fraction of sp³-hybridized carbons (Fsp3) is 0.0909. The maximum atomic E-state index is 6.01. The van der Waals surface area contributed by atoms with Crippen LogP contribution in [0, 0.1) is 10.9 Å². The Bertz CT molecular complexity index is 622. The SMILES string of the molecule is Cc1ccc(-n2c(N)c(C(N)=S)sc2=S)cc1. The summed E-state index contributed by atoms with van der Waals surface area (Å²) in [6.45, 7) is 2.03. The van der Waals surface area contributed by atoms with Gasteiger partial charge in [0.25, 0.3) is 0 Å². The van der Waals surface area contributed by atoms with Crippen molar-refractivity contribution in [3.8, 4) is 5.69 Å². The molecule has 0 aliphatic carbocycles. The average molecular weight is 281 g/mol. The molecule has 0 unspecified atom stereocenters. The van der Waals surface area contributed by atoms with Gasteiger partial charge in [-0.05, 0) is 31.3 Å². The lowest BCUT2D eigenvalue weighted by Crippen LogP contribution is -2.11. The maximum Gasteiger partial charge on any atom is 0.168 e. The maximum absolute atomic E-state index is 6.01. The van der Waals surface area contributed by atoms with Crippen molar-refractivity contribution >= 4 is 46.6 Å². The van der Waals surface area contributed by atoms with E-state index in [-0.39, 0.29) is 4.99 Å². The highest BCUT2D eigenvalue weighted by Gasteiger charge is 2.12. The lowest BCUT2D eigenvalue weighted by molar-refractivity contribution is 1.08. The molecule has 0 amide bonds. The van der Waals surface area contributed by atoms with Crippen LogP contribution in [0.25, 0.3) is 5.69 Å². The third-order valence-electron chi connectivity index (χ3n) is 2.36. The standard InChI is InChI=1S/C11H11N3S3/c1-6-2-4-7(5-3-6)14-9(12)8(10(13)15)17-11(14)16/h2-5H,12H2,1H3,(H2,13,15). The molecule has 2 aromatic rings. The molecule has 2 rings (SSSR count). The minimum atomic E-state index is 0.282. The van der Waals surface area contributed by atoms with Gasteiger partial charge < -0.3 is 11.5 Å². The molecule has 0 fully saturated rings. The van der Waals surface area contributed by atoms with E-state index in [4.69, 9.17) is 35.9 Å².